The summed E-state index contributed by atoms with van der Waals surface area (Å²) in [7, 11) is 0. The van der Waals surface area contributed by atoms with E-state index >= 15 is 0 Å². The van der Waals surface area contributed by atoms with Gasteiger partial charge in [-0.3, -0.25) is 0 Å². The molecule has 0 saturated heterocycles. The molecule has 3 aromatic rings. The fourth-order valence-electron chi connectivity index (χ4n) is 2.29. The molecule has 0 radical (unpaired) electrons. The van der Waals surface area contributed by atoms with Crippen LogP contribution in [0.5, 0.6) is 5.75 Å². The molecule has 1 N–H and O–H groups in total. The van der Waals surface area contributed by atoms with Crippen LogP contribution in [-0.4, -0.2) is 28.0 Å². The molecule has 0 amide bonds. The summed E-state index contributed by atoms with van der Waals surface area (Å²) in [6.45, 7) is 2.05. The van der Waals surface area contributed by atoms with Crippen molar-refractivity contribution in [2.24, 2.45) is 0 Å². The van der Waals surface area contributed by atoms with Gasteiger partial charge in [-0.1, -0.05) is 24.3 Å². The lowest BCUT2D eigenvalue weighted by atomic mass is 10.1. The predicted octanol–water partition coefficient (Wildman–Crippen LogP) is 3.51. The maximum atomic E-state index is 13.6. The largest absolute Gasteiger partial charge is 0.486 e. The van der Waals surface area contributed by atoms with E-state index in [1.54, 1.807) is 31.2 Å². The number of hydrogen-bond donors (Lipinski definition) is 1. The second-order valence-electron chi connectivity index (χ2n) is 5.30. The number of H-pyrrole nitrogens is 1. The molecule has 3 rings (SSSR count). The number of esters is 1. The Morgan fingerprint density at radius 3 is 2.58 bits per heavy atom. The van der Waals surface area contributed by atoms with Gasteiger partial charge in [0.2, 0.25) is 0 Å². The normalized spacial score (nSPS) is 10.6. The fraction of sp³-hybridized carbons (Fsp3) is 0.167. The summed E-state index contributed by atoms with van der Waals surface area (Å²) in [6, 6.07) is 10.1. The number of benzene rings is 2. The third-order valence-corrected chi connectivity index (χ3v) is 3.53. The zero-order chi connectivity index (χ0) is 18.5. The average molecular weight is 359 g/mol. The van der Waals surface area contributed by atoms with Crippen molar-refractivity contribution in [1.82, 2.24) is 15.4 Å². The first-order valence-electron chi connectivity index (χ1n) is 7.83. The topological polar surface area (TPSA) is 77.1 Å². The van der Waals surface area contributed by atoms with E-state index in [9.17, 15) is 13.6 Å². The van der Waals surface area contributed by atoms with Crippen LogP contribution >= 0.6 is 0 Å². The molecule has 2 aromatic carbocycles. The van der Waals surface area contributed by atoms with Crippen LogP contribution in [0, 0.1) is 11.6 Å². The Hall–Kier alpha value is -3.29. The van der Waals surface area contributed by atoms with E-state index in [0.29, 0.717) is 11.3 Å². The Labute approximate surface area is 147 Å². The minimum Gasteiger partial charge on any atom is -0.486 e. The van der Waals surface area contributed by atoms with Gasteiger partial charge in [0.15, 0.2) is 17.3 Å². The van der Waals surface area contributed by atoms with Crippen molar-refractivity contribution >= 4 is 5.97 Å². The molecule has 0 bridgehead atoms. The van der Waals surface area contributed by atoms with Crippen LogP contribution in [0.1, 0.15) is 23.0 Å². The number of carbonyl (C=O) groups excluding carboxylic acids is 1. The number of ether oxygens (including phenoxy) is 2. The van der Waals surface area contributed by atoms with Crippen molar-refractivity contribution in [2.75, 3.05) is 6.61 Å². The molecule has 0 saturated carbocycles. The van der Waals surface area contributed by atoms with Crippen molar-refractivity contribution in [3.8, 4) is 17.0 Å². The molecule has 0 atom stereocenters. The zero-order valence-electron chi connectivity index (χ0n) is 13.8. The molecule has 134 valence electrons. The zero-order valence-corrected chi connectivity index (χ0v) is 13.8. The highest BCUT2D eigenvalue weighted by atomic mass is 19.1. The Balaban J connectivity index is 1.71. The number of hydrogen-bond acceptors (Lipinski definition) is 5. The van der Waals surface area contributed by atoms with E-state index in [4.69, 9.17) is 9.47 Å². The van der Waals surface area contributed by atoms with Gasteiger partial charge in [-0.15, -0.1) is 5.10 Å². The van der Waals surface area contributed by atoms with Gasteiger partial charge in [-0.05, 0) is 24.6 Å². The fourth-order valence-corrected chi connectivity index (χ4v) is 2.29. The molecule has 1 heterocycles. The van der Waals surface area contributed by atoms with Gasteiger partial charge in [0, 0.05) is 11.6 Å². The molecular formula is C18H15F2N3O3. The standard InChI is InChI=1S/C18H15F2N3O3/c1-2-25-18(24)17-16(21-23-22-17)12-5-3-11(4-6-12)10-26-15-8-7-13(19)9-14(15)20/h3-9H,2,10H2,1H3,(H,21,22,23). The Kier molecular flexibility index (Phi) is 5.21. The number of carbonyl (C=O) groups is 1. The summed E-state index contributed by atoms with van der Waals surface area (Å²) in [4.78, 5) is 11.9. The lowest BCUT2D eigenvalue weighted by Crippen LogP contribution is -2.06. The lowest BCUT2D eigenvalue weighted by Gasteiger charge is -2.08. The Morgan fingerprint density at radius 1 is 1.12 bits per heavy atom. The summed E-state index contributed by atoms with van der Waals surface area (Å²) in [5, 5.41) is 10.2. The molecule has 8 heteroatoms. The van der Waals surface area contributed by atoms with E-state index in [0.717, 1.165) is 17.7 Å². The van der Waals surface area contributed by atoms with Gasteiger partial charge in [0.25, 0.3) is 0 Å². The van der Waals surface area contributed by atoms with Crippen LogP contribution in [0.2, 0.25) is 0 Å². The van der Waals surface area contributed by atoms with Crippen molar-refractivity contribution in [2.45, 2.75) is 13.5 Å². The van der Waals surface area contributed by atoms with E-state index < -0.39 is 17.6 Å². The predicted molar refractivity (Wildman–Crippen MR) is 88.5 cm³/mol. The monoisotopic (exact) mass is 359 g/mol. The minimum atomic E-state index is -0.761. The second-order valence-corrected chi connectivity index (χ2v) is 5.30. The highest BCUT2D eigenvalue weighted by Gasteiger charge is 2.18. The van der Waals surface area contributed by atoms with Crippen molar-refractivity contribution in [3.63, 3.8) is 0 Å². The van der Waals surface area contributed by atoms with Gasteiger partial charge in [-0.2, -0.15) is 10.3 Å². The maximum absolute atomic E-state index is 13.6. The number of rotatable bonds is 6. The highest BCUT2D eigenvalue weighted by Crippen LogP contribution is 2.22. The van der Waals surface area contributed by atoms with Crippen LogP contribution in [0.15, 0.2) is 42.5 Å². The number of aromatic amines is 1. The van der Waals surface area contributed by atoms with E-state index in [-0.39, 0.29) is 24.7 Å². The number of nitrogens with one attached hydrogen (secondary N) is 1. The molecule has 0 fully saturated rings. The highest BCUT2D eigenvalue weighted by molar-refractivity contribution is 5.93. The van der Waals surface area contributed by atoms with Gasteiger partial charge in [0.05, 0.1) is 6.61 Å². The van der Waals surface area contributed by atoms with Crippen LogP contribution in [0.25, 0.3) is 11.3 Å². The van der Waals surface area contributed by atoms with Crippen molar-refractivity contribution in [1.29, 1.82) is 0 Å². The summed E-state index contributed by atoms with van der Waals surface area (Å²) in [5.74, 6) is -2.01. The maximum Gasteiger partial charge on any atom is 0.361 e. The van der Waals surface area contributed by atoms with Gasteiger partial charge in [0.1, 0.15) is 18.1 Å². The quantitative estimate of drug-likeness (QED) is 0.682. The SMILES string of the molecule is CCOC(=O)c1n[nH]nc1-c1ccc(COc2ccc(F)cc2F)cc1. The first-order chi connectivity index (χ1) is 12.6. The Morgan fingerprint density at radius 2 is 1.88 bits per heavy atom. The molecule has 0 aliphatic carbocycles. The Bertz CT molecular complexity index is 910. The molecule has 0 aliphatic rings. The molecule has 0 aliphatic heterocycles. The molecular weight excluding hydrogens is 344 g/mol. The van der Waals surface area contributed by atoms with Gasteiger partial charge >= 0.3 is 5.97 Å². The van der Waals surface area contributed by atoms with Crippen LogP contribution in [0.3, 0.4) is 0 Å². The molecule has 0 unspecified atom stereocenters. The number of nitrogens with zero attached hydrogens (tertiary/aromatic N) is 2. The summed E-state index contributed by atoms with van der Waals surface area (Å²) < 4.78 is 36.7. The third kappa shape index (κ3) is 3.85. The van der Waals surface area contributed by atoms with Crippen LogP contribution in [0.4, 0.5) is 8.78 Å². The number of halogens is 2. The van der Waals surface area contributed by atoms with E-state index in [2.05, 4.69) is 15.4 Å². The smallest absolute Gasteiger partial charge is 0.361 e. The van der Waals surface area contributed by atoms with E-state index in [1.807, 2.05) is 0 Å². The minimum absolute atomic E-state index is 0.0309. The molecule has 0 spiro atoms. The van der Waals surface area contributed by atoms with Crippen LogP contribution in [-0.2, 0) is 11.3 Å². The first-order valence-corrected chi connectivity index (χ1v) is 7.83. The van der Waals surface area contributed by atoms with Crippen LogP contribution < -0.4 is 4.74 Å². The summed E-state index contributed by atoms with van der Waals surface area (Å²) >= 11 is 0. The summed E-state index contributed by atoms with van der Waals surface area (Å²) in [6.07, 6.45) is 0. The van der Waals surface area contributed by atoms with Crippen molar-refractivity contribution in [3.05, 3.63) is 65.4 Å². The third-order valence-electron chi connectivity index (χ3n) is 3.53. The van der Waals surface area contributed by atoms with Crippen molar-refractivity contribution < 1.29 is 23.0 Å². The van der Waals surface area contributed by atoms with Gasteiger partial charge < -0.3 is 9.47 Å². The lowest BCUT2D eigenvalue weighted by molar-refractivity contribution is 0.0520. The summed E-state index contributed by atoms with van der Waals surface area (Å²) in [5.41, 5.74) is 1.90. The second kappa shape index (κ2) is 7.73. The molecule has 26 heavy (non-hydrogen) atoms. The molecule has 6 nitrogen and oxygen atoms in total. The average Bonchev–Trinajstić information content (AvgIpc) is 3.11. The molecule has 1 aromatic heterocycles. The van der Waals surface area contributed by atoms with E-state index in [1.165, 1.54) is 6.07 Å². The first kappa shape index (κ1) is 17.5. The van der Waals surface area contributed by atoms with Gasteiger partial charge in [-0.25, -0.2) is 13.6 Å². The number of aromatic nitrogens is 3.